The van der Waals surface area contributed by atoms with Gasteiger partial charge in [-0.15, -0.1) is 5.73 Å². The number of hydrogen-bond donors (Lipinski definition) is 0. The molecule has 0 saturated heterocycles. The molecule has 2 heteroatoms. The minimum Gasteiger partial charge on any atom is -0.454 e. The van der Waals surface area contributed by atoms with E-state index in [1.807, 2.05) is 6.92 Å². The van der Waals surface area contributed by atoms with Crippen LogP contribution in [-0.4, -0.2) is 12.1 Å². The third-order valence-electron chi connectivity index (χ3n) is 2.63. The van der Waals surface area contributed by atoms with E-state index in [4.69, 9.17) is 4.74 Å². The maximum absolute atomic E-state index is 11.0. The highest BCUT2D eigenvalue weighted by molar-refractivity contribution is 5.85. The number of rotatable bonds is 5. The van der Waals surface area contributed by atoms with E-state index in [-0.39, 0.29) is 12.1 Å². The van der Waals surface area contributed by atoms with E-state index >= 15 is 0 Å². The minimum absolute atomic E-state index is 0.0846. The van der Waals surface area contributed by atoms with Crippen LogP contribution in [0.25, 0.3) is 0 Å². The molecule has 0 spiro atoms. The van der Waals surface area contributed by atoms with E-state index in [2.05, 4.69) is 19.2 Å². The summed E-state index contributed by atoms with van der Waals surface area (Å²) in [6.07, 6.45) is 5.52. The van der Waals surface area contributed by atoms with Crippen LogP contribution in [0.5, 0.6) is 0 Å². The lowest BCUT2D eigenvalue weighted by molar-refractivity contribution is -0.138. The first-order chi connectivity index (χ1) is 7.17. The predicted molar refractivity (Wildman–Crippen MR) is 60.4 cm³/mol. The summed E-state index contributed by atoms with van der Waals surface area (Å²) in [5.41, 5.74) is 5.11. The molecule has 0 aliphatic carbocycles. The number of carbonyl (C=O) groups is 1. The Hall–Kier alpha value is -1.27. The van der Waals surface area contributed by atoms with Crippen molar-refractivity contribution in [3.05, 3.63) is 29.5 Å². The van der Waals surface area contributed by atoms with E-state index in [9.17, 15) is 4.79 Å². The first-order valence-corrected chi connectivity index (χ1v) is 5.44. The second-order valence-electron chi connectivity index (χ2n) is 3.90. The van der Waals surface area contributed by atoms with Gasteiger partial charge in [0.05, 0.1) is 0 Å². The summed E-state index contributed by atoms with van der Waals surface area (Å²) >= 11 is 0. The van der Waals surface area contributed by atoms with Crippen molar-refractivity contribution in [2.45, 2.75) is 45.6 Å². The van der Waals surface area contributed by atoms with Gasteiger partial charge in [0.25, 0.3) is 0 Å². The molecule has 1 rings (SSSR count). The standard InChI is InChI=1S/C13H18O2/c1-4-6-7-11(5-2)9-12-10(3)8-13(14)15-12/h8,12H,2,4,6-7,9H2,1,3H3. The Kier molecular flexibility index (Phi) is 4.38. The van der Waals surface area contributed by atoms with Gasteiger partial charge in [-0.05, 0) is 30.9 Å². The molecule has 2 nitrogen and oxygen atoms in total. The smallest absolute Gasteiger partial charge is 0.331 e. The Morgan fingerprint density at radius 2 is 2.40 bits per heavy atom. The fourth-order valence-corrected chi connectivity index (χ4v) is 1.63. The maximum Gasteiger partial charge on any atom is 0.331 e. The quantitative estimate of drug-likeness (QED) is 0.510. The van der Waals surface area contributed by atoms with Gasteiger partial charge in [0.15, 0.2) is 0 Å². The summed E-state index contributed by atoms with van der Waals surface area (Å²) in [5, 5.41) is 0. The summed E-state index contributed by atoms with van der Waals surface area (Å²) in [6.45, 7) is 7.76. The molecule has 15 heavy (non-hydrogen) atoms. The molecule has 1 aliphatic heterocycles. The van der Waals surface area contributed by atoms with E-state index < -0.39 is 0 Å². The second kappa shape index (κ2) is 5.57. The number of carbonyl (C=O) groups excluding carboxylic acids is 1. The molecule has 0 aromatic carbocycles. The van der Waals surface area contributed by atoms with Crippen molar-refractivity contribution in [2.24, 2.45) is 0 Å². The largest absolute Gasteiger partial charge is 0.454 e. The van der Waals surface area contributed by atoms with Crippen LogP contribution in [0.15, 0.2) is 29.5 Å². The van der Waals surface area contributed by atoms with E-state index in [1.165, 1.54) is 0 Å². The van der Waals surface area contributed by atoms with Crippen molar-refractivity contribution < 1.29 is 9.53 Å². The summed E-state index contributed by atoms with van der Waals surface area (Å²) in [7, 11) is 0. The zero-order chi connectivity index (χ0) is 11.3. The molecule has 1 unspecified atom stereocenters. The maximum atomic E-state index is 11.0. The molecule has 0 N–H and O–H groups in total. The molecule has 0 amide bonds. The van der Waals surface area contributed by atoms with Gasteiger partial charge in [0.2, 0.25) is 0 Å². The van der Waals surface area contributed by atoms with Crippen LogP contribution in [-0.2, 0) is 9.53 Å². The summed E-state index contributed by atoms with van der Waals surface area (Å²) in [5.74, 6) is -0.226. The SMILES string of the molecule is C=C=C(CCCC)CC1OC(=O)C=C1C. The van der Waals surface area contributed by atoms with Crippen LogP contribution in [0.4, 0.5) is 0 Å². The molecule has 1 heterocycles. The van der Waals surface area contributed by atoms with Crippen LogP contribution in [0.1, 0.15) is 39.5 Å². The highest BCUT2D eigenvalue weighted by atomic mass is 16.5. The van der Waals surface area contributed by atoms with Crippen LogP contribution >= 0.6 is 0 Å². The van der Waals surface area contributed by atoms with Crippen LogP contribution < -0.4 is 0 Å². The Balaban J connectivity index is 2.50. The molecule has 0 aromatic heterocycles. The van der Waals surface area contributed by atoms with Gasteiger partial charge in [-0.1, -0.05) is 19.9 Å². The molecule has 1 aliphatic rings. The Morgan fingerprint density at radius 1 is 1.67 bits per heavy atom. The van der Waals surface area contributed by atoms with Crippen molar-refractivity contribution in [2.75, 3.05) is 0 Å². The first-order valence-electron chi connectivity index (χ1n) is 5.44. The van der Waals surface area contributed by atoms with Crippen molar-refractivity contribution in [3.63, 3.8) is 0 Å². The van der Waals surface area contributed by atoms with Gasteiger partial charge in [-0.25, -0.2) is 4.79 Å². The zero-order valence-electron chi connectivity index (χ0n) is 9.51. The second-order valence-corrected chi connectivity index (χ2v) is 3.90. The molecule has 0 bridgehead atoms. The fourth-order valence-electron chi connectivity index (χ4n) is 1.63. The van der Waals surface area contributed by atoms with Crippen molar-refractivity contribution in [1.29, 1.82) is 0 Å². The van der Waals surface area contributed by atoms with Gasteiger partial charge in [0, 0.05) is 12.5 Å². The minimum atomic E-state index is -0.226. The van der Waals surface area contributed by atoms with E-state index in [0.717, 1.165) is 36.8 Å². The van der Waals surface area contributed by atoms with Crippen molar-refractivity contribution >= 4 is 5.97 Å². The number of cyclic esters (lactones) is 1. The lowest BCUT2D eigenvalue weighted by Crippen LogP contribution is -2.11. The number of ether oxygens (including phenoxy) is 1. The van der Waals surface area contributed by atoms with Gasteiger partial charge in [-0.2, -0.15) is 0 Å². The average molecular weight is 206 g/mol. The molecule has 0 fully saturated rings. The number of esters is 1. The van der Waals surface area contributed by atoms with Gasteiger partial charge >= 0.3 is 5.97 Å². The van der Waals surface area contributed by atoms with E-state index in [1.54, 1.807) is 6.08 Å². The molecular formula is C13H18O2. The summed E-state index contributed by atoms with van der Waals surface area (Å²) in [4.78, 5) is 11.0. The fraction of sp³-hybridized carbons (Fsp3) is 0.538. The van der Waals surface area contributed by atoms with Gasteiger partial charge in [-0.3, -0.25) is 0 Å². The summed E-state index contributed by atoms with van der Waals surface area (Å²) in [6, 6.07) is 0. The topological polar surface area (TPSA) is 26.3 Å². The number of hydrogen-bond acceptors (Lipinski definition) is 2. The Morgan fingerprint density at radius 3 is 2.87 bits per heavy atom. The zero-order valence-corrected chi connectivity index (χ0v) is 9.51. The van der Waals surface area contributed by atoms with Gasteiger partial charge < -0.3 is 4.74 Å². The summed E-state index contributed by atoms with van der Waals surface area (Å²) < 4.78 is 5.17. The number of unbranched alkanes of at least 4 members (excludes halogenated alkanes) is 1. The lowest BCUT2D eigenvalue weighted by atomic mass is 10.00. The highest BCUT2D eigenvalue weighted by Crippen LogP contribution is 2.23. The van der Waals surface area contributed by atoms with Gasteiger partial charge in [0.1, 0.15) is 6.10 Å². The van der Waals surface area contributed by atoms with Crippen molar-refractivity contribution in [1.82, 2.24) is 0 Å². The van der Waals surface area contributed by atoms with Crippen LogP contribution in [0.3, 0.4) is 0 Å². The van der Waals surface area contributed by atoms with Crippen LogP contribution in [0.2, 0.25) is 0 Å². The molecule has 82 valence electrons. The molecule has 0 saturated carbocycles. The highest BCUT2D eigenvalue weighted by Gasteiger charge is 2.23. The Bertz CT molecular complexity index is 319. The lowest BCUT2D eigenvalue weighted by Gasteiger charge is -2.12. The monoisotopic (exact) mass is 206 g/mol. The third kappa shape index (κ3) is 3.41. The van der Waals surface area contributed by atoms with Crippen LogP contribution in [0, 0.1) is 0 Å². The molecule has 0 aromatic rings. The molecule has 1 atom stereocenters. The third-order valence-corrected chi connectivity index (χ3v) is 2.63. The predicted octanol–water partition coefficient (Wildman–Crippen LogP) is 3.15. The van der Waals surface area contributed by atoms with Crippen molar-refractivity contribution in [3.8, 4) is 0 Å². The first kappa shape index (κ1) is 11.8. The van der Waals surface area contributed by atoms with E-state index in [0.29, 0.717) is 0 Å². The normalized spacial score (nSPS) is 19.5. The molecular weight excluding hydrogens is 188 g/mol. The molecule has 0 radical (unpaired) electrons. The average Bonchev–Trinajstić information content (AvgIpc) is 2.52. The Labute approximate surface area is 91.3 Å².